The molecule has 3 rings (SSSR count). The second kappa shape index (κ2) is 7.27. The largest absolute Gasteiger partial charge is 0.496 e. The monoisotopic (exact) mass is 394 g/mol. The zero-order valence-electron chi connectivity index (χ0n) is 14.2. The molecule has 2 aliphatic heterocycles. The fourth-order valence-corrected chi connectivity index (χ4v) is 11.3. The minimum absolute atomic E-state index is 0.956. The third kappa shape index (κ3) is 4.29. The predicted octanol–water partition coefficient (Wildman–Crippen LogP) is 6.51. The van der Waals surface area contributed by atoms with Gasteiger partial charge in [0.1, 0.15) is 5.75 Å². The van der Waals surface area contributed by atoms with Crippen LogP contribution in [0.25, 0.3) is 0 Å². The molecule has 0 saturated carbocycles. The lowest BCUT2D eigenvalue weighted by molar-refractivity contribution is 0.411. The predicted molar refractivity (Wildman–Crippen MR) is 110 cm³/mol. The van der Waals surface area contributed by atoms with Crippen LogP contribution in [0.2, 0.25) is 0 Å². The zero-order chi connectivity index (χ0) is 16.5. The highest BCUT2D eigenvalue weighted by Gasteiger charge is 2.29. The summed E-state index contributed by atoms with van der Waals surface area (Å²) in [5, 5.41) is 0. The summed E-state index contributed by atoms with van der Waals surface area (Å²) in [6, 6.07) is 4.56. The first-order chi connectivity index (χ1) is 10.9. The minimum Gasteiger partial charge on any atom is -0.496 e. The molecule has 1 aromatic rings. The van der Waals surface area contributed by atoms with Crippen LogP contribution in [-0.4, -0.2) is 30.1 Å². The van der Waals surface area contributed by atoms with Gasteiger partial charge in [-0.15, -0.1) is 0 Å². The summed E-state index contributed by atoms with van der Waals surface area (Å²) in [4.78, 5) is 0. The molecule has 5 heteroatoms. The van der Waals surface area contributed by atoms with Crippen LogP contribution in [0.5, 0.6) is 5.75 Å². The lowest BCUT2D eigenvalue weighted by Gasteiger charge is -2.30. The van der Waals surface area contributed by atoms with E-state index in [1.54, 1.807) is 7.11 Å². The number of ether oxygens (including phenoxy) is 1. The quantitative estimate of drug-likeness (QED) is 0.552. The molecule has 0 radical (unpaired) electrons. The average molecular weight is 395 g/mol. The second-order valence-corrected chi connectivity index (χ2v) is 16.9. The summed E-state index contributed by atoms with van der Waals surface area (Å²) in [6.07, 6.45) is 5.17. The van der Waals surface area contributed by atoms with Crippen molar-refractivity contribution in [3.05, 3.63) is 28.8 Å². The Morgan fingerprint density at radius 3 is 1.83 bits per heavy atom. The van der Waals surface area contributed by atoms with Crippen LogP contribution >= 0.6 is 39.8 Å². The van der Waals surface area contributed by atoms with Gasteiger partial charge in [-0.2, -0.15) is 18.5 Å². The molecule has 0 bridgehead atoms. The number of halogens is 2. The average Bonchev–Trinajstić information content (AvgIpc) is 3.11. The second-order valence-electron chi connectivity index (χ2n) is 6.99. The zero-order valence-corrected chi connectivity index (χ0v) is 17.4. The van der Waals surface area contributed by atoms with Gasteiger partial charge in [-0.25, -0.2) is 0 Å². The molecule has 2 saturated heterocycles. The van der Waals surface area contributed by atoms with Crippen LogP contribution in [-0.2, 0) is 11.5 Å². The molecule has 0 N–H and O–H groups in total. The van der Waals surface area contributed by atoms with E-state index >= 15 is 0 Å². The van der Waals surface area contributed by atoms with E-state index in [4.69, 9.17) is 26.1 Å². The topological polar surface area (TPSA) is 9.23 Å². The number of hydrogen-bond donors (Lipinski definition) is 0. The number of hydrogen-bond acceptors (Lipinski definition) is 1. The number of rotatable bonds is 5. The van der Waals surface area contributed by atoms with E-state index in [1.165, 1.54) is 65.4 Å². The highest BCUT2D eigenvalue weighted by Crippen LogP contribution is 2.63. The van der Waals surface area contributed by atoms with E-state index in [0.29, 0.717) is 0 Å². The van der Waals surface area contributed by atoms with E-state index in [1.807, 2.05) is 0 Å². The van der Waals surface area contributed by atoms with Gasteiger partial charge in [0.2, 0.25) is 0 Å². The maximum Gasteiger partial charge on any atom is 0.123 e. The van der Waals surface area contributed by atoms with E-state index in [-0.39, 0.29) is 0 Å². The van der Waals surface area contributed by atoms with Crippen molar-refractivity contribution < 1.29 is 4.74 Å². The summed E-state index contributed by atoms with van der Waals surface area (Å²) in [5.41, 5.74) is 4.03. The Balaban J connectivity index is 1.83. The number of methoxy groups -OCH3 is 1. The molecular weight excluding hydrogens is 367 g/mol. The fraction of sp³-hybridized carbons (Fsp3) is 0.667. The van der Waals surface area contributed by atoms with Gasteiger partial charge in [0.05, 0.1) is 7.11 Å². The Kier molecular flexibility index (Phi) is 5.72. The first-order valence-electron chi connectivity index (χ1n) is 8.51. The molecule has 0 atom stereocenters. The molecule has 2 aliphatic rings. The smallest absolute Gasteiger partial charge is 0.123 e. The van der Waals surface area contributed by atoms with Gasteiger partial charge in [0, 0.05) is 17.1 Å². The number of benzene rings is 1. The molecule has 132 valence electrons. The van der Waals surface area contributed by atoms with Gasteiger partial charge in [-0.05, 0) is 72.8 Å². The highest BCUT2D eigenvalue weighted by atomic mass is 35.7. The van der Waals surface area contributed by atoms with Gasteiger partial charge in [0.15, 0.2) is 0 Å². The van der Waals surface area contributed by atoms with Crippen molar-refractivity contribution in [1.82, 2.24) is 0 Å². The molecule has 0 spiro atoms. The van der Waals surface area contributed by atoms with Crippen LogP contribution in [0.4, 0.5) is 0 Å². The van der Waals surface area contributed by atoms with Crippen LogP contribution < -0.4 is 4.74 Å². The molecule has 2 fully saturated rings. The molecule has 23 heavy (non-hydrogen) atoms. The highest BCUT2D eigenvalue weighted by molar-refractivity contribution is 8.51. The third-order valence-corrected chi connectivity index (χ3v) is 13.4. The van der Waals surface area contributed by atoms with Crippen molar-refractivity contribution >= 4 is 39.8 Å². The Morgan fingerprint density at radius 1 is 0.870 bits per heavy atom. The molecular formula is C18H28Cl2OS2. The summed E-state index contributed by atoms with van der Waals surface area (Å²) >= 11 is 0. The first-order valence-corrected chi connectivity index (χ1v) is 14.4. The van der Waals surface area contributed by atoms with Crippen molar-refractivity contribution in [2.45, 2.75) is 44.1 Å². The minimum atomic E-state index is -0.982. The molecule has 2 heterocycles. The molecule has 1 nitrogen and oxygen atoms in total. The molecule has 0 unspecified atom stereocenters. The van der Waals surface area contributed by atoms with Crippen molar-refractivity contribution in [2.75, 3.05) is 30.1 Å². The van der Waals surface area contributed by atoms with Crippen molar-refractivity contribution in [3.8, 4) is 5.75 Å². The van der Waals surface area contributed by atoms with Crippen LogP contribution in [0, 0.1) is 6.92 Å². The lowest BCUT2D eigenvalue weighted by atomic mass is 10.1. The van der Waals surface area contributed by atoms with Crippen molar-refractivity contribution in [3.63, 3.8) is 0 Å². The van der Waals surface area contributed by atoms with E-state index in [0.717, 1.165) is 17.3 Å². The lowest BCUT2D eigenvalue weighted by Crippen LogP contribution is -2.05. The summed E-state index contributed by atoms with van der Waals surface area (Å²) in [6.45, 7) is 2.22. The Morgan fingerprint density at radius 2 is 1.35 bits per heavy atom. The van der Waals surface area contributed by atoms with Gasteiger partial charge < -0.3 is 4.74 Å². The Labute approximate surface area is 153 Å². The normalized spacial score (nSPS) is 25.2. The summed E-state index contributed by atoms with van der Waals surface area (Å²) in [5.74, 6) is 7.89. The molecule has 0 aromatic heterocycles. The van der Waals surface area contributed by atoms with Gasteiger partial charge in [0.25, 0.3) is 0 Å². The first kappa shape index (κ1) is 18.1. The van der Waals surface area contributed by atoms with E-state index in [2.05, 4.69) is 19.1 Å². The molecule has 0 amide bonds. The maximum atomic E-state index is 6.90. The van der Waals surface area contributed by atoms with Gasteiger partial charge >= 0.3 is 0 Å². The number of aryl methyl sites for hydroxylation is 1. The maximum absolute atomic E-state index is 6.90. The van der Waals surface area contributed by atoms with E-state index < -0.39 is 18.5 Å². The van der Waals surface area contributed by atoms with Crippen LogP contribution in [0.1, 0.15) is 42.4 Å². The summed E-state index contributed by atoms with van der Waals surface area (Å²) < 4.78 is 5.71. The van der Waals surface area contributed by atoms with Crippen molar-refractivity contribution in [2.24, 2.45) is 0 Å². The summed E-state index contributed by atoms with van der Waals surface area (Å²) in [7, 11) is 13.6. The fourth-order valence-electron chi connectivity index (χ4n) is 3.74. The molecule has 0 aliphatic carbocycles. The molecule has 1 aromatic carbocycles. The Bertz CT molecular complexity index is 564. The van der Waals surface area contributed by atoms with E-state index in [9.17, 15) is 0 Å². The standard InChI is InChI=1S/C18H28Cl2OS2/c1-15-11-17(14-23(20)9-5-6-10-23)18(21-2)12-16(15)13-22(19)7-3-4-8-22/h11-12H,3-10,13-14H2,1-2H3. The SMILES string of the molecule is COc1cc(CS2(Cl)CCCC2)c(C)cc1CS1(Cl)CCCC1. The third-order valence-electron chi connectivity index (χ3n) is 5.11. The van der Waals surface area contributed by atoms with Gasteiger partial charge in [-0.1, -0.05) is 27.4 Å². The van der Waals surface area contributed by atoms with Crippen LogP contribution in [0.3, 0.4) is 0 Å². The van der Waals surface area contributed by atoms with Crippen molar-refractivity contribution in [1.29, 1.82) is 0 Å². The van der Waals surface area contributed by atoms with Crippen LogP contribution in [0.15, 0.2) is 12.1 Å². The van der Waals surface area contributed by atoms with Gasteiger partial charge in [-0.3, -0.25) is 0 Å². The Hall–Kier alpha value is 0.300.